The van der Waals surface area contributed by atoms with Crippen molar-refractivity contribution in [3.8, 4) is 0 Å². The second-order valence-electron chi connectivity index (χ2n) is 6.91. The number of anilines is 1. The molecule has 0 saturated carbocycles. The van der Waals surface area contributed by atoms with Crippen LogP contribution in [0.1, 0.15) is 30.4 Å². The molecular weight excluding hydrogens is 362 g/mol. The summed E-state index contributed by atoms with van der Waals surface area (Å²) in [6, 6.07) is 8.47. The Morgan fingerprint density at radius 2 is 2.07 bits per heavy atom. The smallest absolute Gasteiger partial charge is 0.226 e. The Bertz CT molecular complexity index is 765. The summed E-state index contributed by atoms with van der Waals surface area (Å²) in [4.78, 5) is 26.2. The number of nitrogens with zero attached hydrogens (tertiary/aromatic N) is 3. The molecule has 1 aromatic carbocycles. The predicted octanol–water partition coefficient (Wildman–Crippen LogP) is 2.20. The van der Waals surface area contributed by atoms with Gasteiger partial charge in [0.2, 0.25) is 16.9 Å². The highest BCUT2D eigenvalue weighted by Gasteiger charge is 2.23. The standard InChI is InChI=1S/C19H25N5O2S/c1-14-4-2-3-5-16(14)12-24-9-8-15(11-24)10-20-17(25)6-7-18(26)22-19-23-21-13-27-19/h2-5,13,15H,6-12H2,1H3,(H,20,25)(H,22,23,26). The van der Waals surface area contributed by atoms with Crippen molar-refractivity contribution in [2.75, 3.05) is 25.0 Å². The summed E-state index contributed by atoms with van der Waals surface area (Å²) in [7, 11) is 0. The van der Waals surface area contributed by atoms with Gasteiger partial charge in [-0.05, 0) is 36.9 Å². The summed E-state index contributed by atoms with van der Waals surface area (Å²) < 4.78 is 0. The Balaban J connectivity index is 1.32. The zero-order valence-electron chi connectivity index (χ0n) is 15.5. The molecule has 8 heteroatoms. The maximum Gasteiger partial charge on any atom is 0.226 e. The first-order valence-electron chi connectivity index (χ1n) is 9.19. The fourth-order valence-electron chi connectivity index (χ4n) is 3.23. The first kappa shape index (κ1) is 19.4. The number of amides is 2. The topological polar surface area (TPSA) is 87.2 Å². The van der Waals surface area contributed by atoms with E-state index >= 15 is 0 Å². The second kappa shape index (κ2) is 9.57. The molecule has 1 atom stereocenters. The third-order valence-electron chi connectivity index (χ3n) is 4.80. The molecule has 1 aliphatic heterocycles. The summed E-state index contributed by atoms with van der Waals surface area (Å²) in [5.41, 5.74) is 4.23. The van der Waals surface area contributed by atoms with E-state index in [1.807, 2.05) is 0 Å². The first-order chi connectivity index (χ1) is 13.1. The summed E-state index contributed by atoms with van der Waals surface area (Å²) >= 11 is 1.25. The number of carbonyl (C=O) groups is 2. The summed E-state index contributed by atoms with van der Waals surface area (Å²) in [6.07, 6.45) is 1.42. The van der Waals surface area contributed by atoms with Crippen LogP contribution in [0.15, 0.2) is 29.8 Å². The lowest BCUT2D eigenvalue weighted by Crippen LogP contribution is -2.31. The Morgan fingerprint density at radius 1 is 1.26 bits per heavy atom. The molecule has 7 nitrogen and oxygen atoms in total. The van der Waals surface area contributed by atoms with Gasteiger partial charge in [0.05, 0.1) is 0 Å². The summed E-state index contributed by atoms with van der Waals surface area (Å²) in [6.45, 7) is 5.82. The van der Waals surface area contributed by atoms with Crippen molar-refractivity contribution in [1.82, 2.24) is 20.4 Å². The molecule has 1 fully saturated rings. The average Bonchev–Trinajstić information content (AvgIpc) is 3.32. The van der Waals surface area contributed by atoms with Crippen LogP contribution in [0.25, 0.3) is 0 Å². The van der Waals surface area contributed by atoms with Crippen LogP contribution >= 0.6 is 11.3 Å². The van der Waals surface area contributed by atoms with E-state index in [1.165, 1.54) is 22.5 Å². The van der Waals surface area contributed by atoms with E-state index in [9.17, 15) is 9.59 Å². The minimum absolute atomic E-state index is 0.0835. The van der Waals surface area contributed by atoms with Crippen LogP contribution in [0.3, 0.4) is 0 Å². The Morgan fingerprint density at radius 3 is 2.85 bits per heavy atom. The van der Waals surface area contributed by atoms with Crippen LogP contribution in [-0.2, 0) is 16.1 Å². The van der Waals surface area contributed by atoms with Gasteiger partial charge >= 0.3 is 0 Å². The van der Waals surface area contributed by atoms with E-state index in [4.69, 9.17) is 0 Å². The lowest BCUT2D eigenvalue weighted by atomic mass is 10.1. The van der Waals surface area contributed by atoms with Gasteiger partial charge < -0.3 is 10.6 Å². The van der Waals surface area contributed by atoms with Crippen molar-refractivity contribution >= 4 is 28.3 Å². The number of rotatable bonds is 8. The molecule has 1 saturated heterocycles. The normalized spacial score (nSPS) is 17.0. The molecule has 144 valence electrons. The van der Waals surface area contributed by atoms with Gasteiger partial charge in [0, 0.05) is 32.5 Å². The maximum absolute atomic E-state index is 12.0. The van der Waals surface area contributed by atoms with E-state index in [0.29, 0.717) is 17.6 Å². The largest absolute Gasteiger partial charge is 0.356 e. The lowest BCUT2D eigenvalue weighted by Gasteiger charge is -2.17. The fourth-order valence-corrected chi connectivity index (χ4v) is 3.70. The van der Waals surface area contributed by atoms with Crippen molar-refractivity contribution < 1.29 is 9.59 Å². The monoisotopic (exact) mass is 387 g/mol. The molecule has 2 aromatic rings. The van der Waals surface area contributed by atoms with Crippen LogP contribution in [0, 0.1) is 12.8 Å². The number of nitrogens with one attached hydrogen (secondary N) is 2. The lowest BCUT2D eigenvalue weighted by molar-refractivity contribution is -0.124. The van der Waals surface area contributed by atoms with Gasteiger partial charge in [-0.15, -0.1) is 10.2 Å². The molecule has 2 N–H and O–H groups in total. The number of likely N-dealkylation sites (tertiary alicyclic amines) is 1. The van der Waals surface area contributed by atoms with E-state index in [-0.39, 0.29) is 24.7 Å². The Labute approximate surface area is 163 Å². The molecule has 2 heterocycles. The predicted molar refractivity (Wildman–Crippen MR) is 105 cm³/mol. The van der Waals surface area contributed by atoms with Crippen molar-refractivity contribution in [1.29, 1.82) is 0 Å². The second-order valence-corrected chi connectivity index (χ2v) is 7.75. The minimum Gasteiger partial charge on any atom is -0.356 e. The molecular formula is C19H25N5O2S. The van der Waals surface area contributed by atoms with E-state index in [1.54, 1.807) is 5.51 Å². The van der Waals surface area contributed by atoms with Crippen LogP contribution in [0.5, 0.6) is 0 Å². The van der Waals surface area contributed by atoms with E-state index in [0.717, 1.165) is 26.1 Å². The van der Waals surface area contributed by atoms with Gasteiger partial charge in [0.25, 0.3) is 0 Å². The third-order valence-corrected chi connectivity index (χ3v) is 5.41. The highest BCUT2D eigenvalue weighted by Crippen LogP contribution is 2.19. The van der Waals surface area contributed by atoms with Crippen molar-refractivity contribution in [2.24, 2.45) is 5.92 Å². The zero-order valence-corrected chi connectivity index (χ0v) is 16.3. The summed E-state index contributed by atoms with van der Waals surface area (Å²) in [5.74, 6) is 0.167. The summed E-state index contributed by atoms with van der Waals surface area (Å²) in [5, 5.41) is 13.4. The molecule has 3 rings (SSSR count). The number of hydrogen-bond acceptors (Lipinski definition) is 6. The van der Waals surface area contributed by atoms with Crippen LogP contribution in [0.4, 0.5) is 5.13 Å². The van der Waals surface area contributed by atoms with Crippen LogP contribution < -0.4 is 10.6 Å². The minimum atomic E-state index is -0.216. The zero-order chi connectivity index (χ0) is 19.1. The van der Waals surface area contributed by atoms with Gasteiger partial charge in [0.1, 0.15) is 5.51 Å². The van der Waals surface area contributed by atoms with E-state index < -0.39 is 0 Å². The SMILES string of the molecule is Cc1ccccc1CN1CCC(CNC(=O)CCC(=O)Nc2nncs2)C1. The van der Waals surface area contributed by atoms with Gasteiger partial charge in [0.15, 0.2) is 0 Å². The Kier molecular flexibility index (Phi) is 6.89. The maximum atomic E-state index is 12.0. The number of carbonyl (C=O) groups excluding carboxylic acids is 2. The molecule has 1 aliphatic rings. The number of aryl methyl sites for hydroxylation is 1. The fraction of sp³-hybridized carbons (Fsp3) is 0.474. The molecule has 1 aromatic heterocycles. The van der Waals surface area contributed by atoms with Gasteiger partial charge in [-0.1, -0.05) is 35.6 Å². The quantitative estimate of drug-likeness (QED) is 0.725. The third kappa shape index (κ3) is 6.11. The molecule has 0 radical (unpaired) electrons. The van der Waals surface area contributed by atoms with Crippen molar-refractivity contribution in [3.63, 3.8) is 0 Å². The highest BCUT2D eigenvalue weighted by molar-refractivity contribution is 7.13. The molecule has 1 unspecified atom stereocenters. The molecule has 0 bridgehead atoms. The highest BCUT2D eigenvalue weighted by atomic mass is 32.1. The molecule has 0 spiro atoms. The molecule has 27 heavy (non-hydrogen) atoms. The average molecular weight is 388 g/mol. The van der Waals surface area contributed by atoms with Crippen LogP contribution in [0.2, 0.25) is 0 Å². The molecule has 0 aliphatic carbocycles. The van der Waals surface area contributed by atoms with Gasteiger partial charge in [-0.2, -0.15) is 0 Å². The Hall–Kier alpha value is -2.32. The number of benzene rings is 1. The van der Waals surface area contributed by atoms with Crippen molar-refractivity contribution in [3.05, 3.63) is 40.9 Å². The van der Waals surface area contributed by atoms with Gasteiger partial charge in [-0.25, -0.2) is 0 Å². The first-order valence-corrected chi connectivity index (χ1v) is 10.1. The number of hydrogen-bond donors (Lipinski definition) is 2. The molecule has 2 amide bonds. The van der Waals surface area contributed by atoms with Crippen molar-refractivity contribution in [2.45, 2.75) is 32.7 Å². The van der Waals surface area contributed by atoms with Crippen LogP contribution in [-0.4, -0.2) is 46.5 Å². The van der Waals surface area contributed by atoms with E-state index in [2.05, 4.69) is 56.9 Å². The number of aromatic nitrogens is 2. The van der Waals surface area contributed by atoms with Gasteiger partial charge in [-0.3, -0.25) is 14.5 Å².